The molecule has 1 atom stereocenters. The summed E-state index contributed by atoms with van der Waals surface area (Å²) in [5.74, 6) is -0.0437. The number of hydrogen-bond donors (Lipinski definition) is 2. The number of allylic oxidation sites excluding steroid dienone is 1. The number of amides is 2. The number of cyclic esters (lactones) is 1. The number of fused-ring (bicyclic) bond motifs is 1. The molecule has 0 radical (unpaired) electrons. The third-order valence-corrected chi connectivity index (χ3v) is 5.10. The standard InChI is InChI=1S/C20H21FN4O4/c1-12(27)22-9-16-10-25(20(28)29-16)14-2-3-17(18(21)7-14)13-4-5-24-15(6-13)8-23-19(24)11-26/h2-3,6-8,16,26H,4-5,9-11H2,1H3,(H,22,27)/t16-/m0/s1. The quantitative estimate of drug-likeness (QED) is 0.799. The average molecular weight is 400 g/mol. The molecule has 2 N–H and O–H groups in total. The Bertz CT molecular complexity index is 1000. The van der Waals surface area contributed by atoms with E-state index in [9.17, 15) is 19.1 Å². The predicted molar refractivity (Wildman–Crippen MR) is 103 cm³/mol. The van der Waals surface area contributed by atoms with E-state index in [0.717, 1.165) is 11.3 Å². The minimum Gasteiger partial charge on any atom is -0.442 e. The lowest BCUT2D eigenvalue weighted by atomic mass is 9.98. The number of carbonyl (C=O) groups excluding carboxylic acids is 2. The van der Waals surface area contributed by atoms with Crippen LogP contribution in [0.4, 0.5) is 14.9 Å². The Morgan fingerprint density at radius 3 is 3.00 bits per heavy atom. The second-order valence-electron chi connectivity index (χ2n) is 7.05. The highest BCUT2D eigenvalue weighted by molar-refractivity contribution is 5.90. The van der Waals surface area contributed by atoms with Crippen molar-refractivity contribution in [2.45, 2.75) is 32.6 Å². The maximum absolute atomic E-state index is 14.9. The van der Waals surface area contributed by atoms with Crippen molar-refractivity contribution in [3.05, 3.63) is 47.3 Å². The van der Waals surface area contributed by atoms with E-state index in [1.807, 2.05) is 10.6 Å². The summed E-state index contributed by atoms with van der Waals surface area (Å²) >= 11 is 0. The number of benzene rings is 1. The minimum atomic E-state index is -0.565. The summed E-state index contributed by atoms with van der Waals surface area (Å²) in [6, 6.07) is 4.67. The van der Waals surface area contributed by atoms with E-state index in [2.05, 4.69) is 10.3 Å². The molecule has 4 rings (SSSR count). The Hall–Kier alpha value is -3.20. The van der Waals surface area contributed by atoms with Crippen molar-refractivity contribution in [3.63, 3.8) is 0 Å². The van der Waals surface area contributed by atoms with E-state index in [0.29, 0.717) is 30.0 Å². The van der Waals surface area contributed by atoms with Gasteiger partial charge in [0.1, 0.15) is 24.4 Å². The molecule has 2 aromatic rings. The summed E-state index contributed by atoms with van der Waals surface area (Å²) in [6.07, 6.45) is 3.09. The first kappa shape index (κ1) is 19.1. The third kappa shape index (κ3) is 3.73. The van der Waals surface area contributed by atoms with Gasteiger partial charge in [-0.2, -0.15) is 0 Å². The lowest BCUT2D eigenvalue weighted by Gasteiger charge is -2.19. The Morgan fingerprint density at radius 1 is 1.45 bits per heavy atom. The van der Waals surface area contributed by atoms with Gasteiger partial charge in [-0.1, -0.05) is 0 Å². The van der Waals surface area contributed by atoms with E-state index < -0.39 is 18.0 Å². The molecule has 9 heteroatoms. The highest BCUT2D eigenvalue weighted by Gasteiger charge is 2.32. The number of rotatable bonds is 5. The lowest BCUT2D eigenvalue weighted by molar-refractivity contribution is -0.119. The van der Waals surface area contributed by atoms with Gasteiger partial charge in [0.25, 0.3) is 0 Å². The van der Waals surface area contributed by atoms with Gasteiger partial charge in [-0.15, -0.1) is 0 Å². The topological polar surface area (TPSA) is 96.7 Å². The SMILES string of the molecule is CC(=O)NC[C@H]1CN(c2ccc(C3=Cc4cnc(CO)n4CC3)c(F)c2)C(=O)O1. The van der Waals surface area contributed by atoms with Gasteiger partial charge in [0.2, 0.25) is 5.91 Å². The Labute approximate surface area is 166 Å². The molecule has 2 aliphatic rings. The van der Waals surface area contributed by atoms with Crippen LogP contribution >= 0.6 is 0 Å². The number of carbonyl (C=O) groups is 2. The van der Waals surface area contributed by atoms with Crippen molar-refractivity contribution in [1.29, 1.82) is 0 Å². The van der Waals surface area contributed by atoms with Crippen LogP contribution in [0.3, 0.4) is 0 Å². The fourth-order valence-electron chi connectivity index (χ4n) is 3.65. The molecule has 1 aromatic carbocycles. The van der Waals surface area contributed by atoms with Crippen LogP contribution in [-0.4, -0.2) is 45.9 Å². The van der Waals surface area contributed by atoms with Crippen molar-refractivity contribution < 1.29 is 23.8 Å². The van der Waals surface area contributed by atoms with Crippen LogP contribution < -0.4 is 10.2 Å². The van der Waals surface area contributed by atoms with Gasteiger partial charge in [0.15, 0.2) is 0 Å². The number of aromatic nitrogens is 2. The molecule has 1 fully saturated rings. The summed E-state index contributed by atoms with van der Waals surface area (Å²) in [6.45, 7) is 2.32. The van der Waals surface area contributed by atoms with Crippen LogP contribution in [0.5, 0.6) is 0 Å². The Morgan fingerprint density at radius 2 is 2.28 bits per heavy atom. The molecule has 1 saturated heterocycles. The maximum Gasteiger partial charge on any atom is 0.414 e. The monoisotopic (exact) mass is 400 g/mol. The minimum absolute atomic E-state index is 0.138. The molecule has 29 heavy (non-hydrogen) atoms. The average Bonchev–Trinajstić information content (AvgIpc) is 3.28. The summed E-state index contributed by atoms with van der Waals surface area (Å²) in [7, 11) is 0. The van der Waals surface area contributed by atoms with E-state index in [1.54, 1.807) is 18.3 Å². The van der Waals surface area contributed by atoms with Crippen molar-refractivity contribution in [2.24, 2.45) is 0 Å². The first-order chi connectivity index (χ1) is 14.0. The molecule has 152 valence electrons. The smallest absolute Gasteiger partial charge is 0.414 e. The molecule has 1 aromatic heterocycles. The van der Waals surface area contributed by atoms with E-state index >= 15 is 0 Å². The first-order valence-electron chi connectivity index (χ1n) is 9.34. The fourth-order valence-corrected chi connectivity index (χ4v) is 3.65. The Kier molecular flexibility index (Phi) is 5.06. The number of anilines is 1. The summed E-state index contributed by atoms with van der Waals surface area (Å²) in [5, 5.41) is 11.9. The summed E-state index contributed by atoms with van der Waals surface area (Å²) < 4.78 is 22.0. The number of nitrogens with one attached hydrogen (secondary N) is 1. The molecule has 0 bridgehead atoms. The third-order valence-electron chi connectivity index (χ3n) is 5.10. The molecule has 0 aliphatic carbocycles. The van der Waals surface area contributed by atoms with Gasteiger partial charge in [-0.25, -0.2) is 14.2 Å². The predicted octanol–water partition coefficient (Wildman–Crippen LogP) is 1.92. The molecule has 0 saturated carbocycles. The number of ether oxygens (including phenoxy) is 1. The molecule has 8 nitrogen and oxygen atoms in total. The van der Waals surface area contributed by atoms with Gasteiger partial charge in [-0.05, 0) is 36.3 Å². The Balaban J connectivity index is 1.53. The normalized spacial score (nSPS) is 18.3. The van der Waals surface area contributed by atoms with Crippen molar-refractivity contribution >= 4 is 29.3 Å². The summed E-state index contributed by atoms with van der Waals surface area (Å²) in [5.41, 5.74) is 2.53. The fraction of sp³-hybridized carbons (Fsp3) is 0.350. The number of imidazole rings is 1. The molecular formula is C20H21FN4O4. The van der Waals surface area contributed by atoms with Crippen molar-refractivity contribution in [1.82, 2.24) is 14.9 Å². The number of nitrogens with zero attached hydrogens (tertiary/aromatic N) is 3. The number of aliphatic hydroxyl groups excluding tert-OH is 1. The lowest BCUT2D eigenvalue weighted by Crippen LogP contribution is -2.33. The van der Waals surface area contributed by atoms with Crippen LogP contribution in [0, 0.1) is 5.82 Å². The number of aliphatic hydroxyl groups is 1. The van der Waals surface area contributed by atoms with Gasteiger partial charge in [0.05, 0.1) is 30.7 Å². The highest BCUT2D eigenvalue weighted by atomic mass is 19.1. The van der Waals surface area contributed by atoms with Crippen LogP contribution in [-0.2, 0) is 22.7 Å². The van der Waals surface area contributed by atoms with Gasteiger partial charge in [0, 0.05) is 19.0 Å². The second kappa shape index (κ2) is 7.67. The van der Waals surface area contributed by atoms with Gasteiger partial charge < -0.3 is 19.7 Å². The summed E-state index contributed by atoms with van der Waals surface area (Å²) in [4.78, 5) is 28.7. The molecular weight excluding hydrogens is 379 g/mol. The van der Waals surface area contributed by atoms with E-state index in [4.69, 9.17) is 4.74 Å². The number of hydrogen-bond acceptors (Lipinski definition) is 5. The zero-order valence-electron chi connectivity index (χ0n) is 15.9. The molecule has 3 heterocycles. The zero-order valence-corrected chi connectivity index (χ0v) is 15.9. The largest absolute Gasteiger partial charge is 0.442 e. The van der Waals surface area contributed by atoms with Crippen LogP contribution in [0.1, 0.15) is 30.4 Å². The second-order valence-corrected chi connectivity index (χ2v) is 7.05. The van der Waals surface area contributed by atoms with Crippen molar-refractivity contribution in [3.8, 4) is 0 Å². The number of halogens is 1. The molecule has 0 unspecified atom stereocenters. The molecule has 2 aliphatic heterocycles. The molecule has 0 spiro atoms. The first-order valence-corrected chi connectivity index (χ1v) is 9.34. The van der Waals surface area contributed by atoms with Crippen LogP contribution in [0.2, 0.25) is 0 Å². The maximum atomic E-state index is 14.9. The zero-order chi connectivity index (χ0) is 20.5. The van der Waals surface area contributed by atoms with Crippen LogP contribution in [0.15, 0.2) is 24.4 Å². The van der Waals surface area contributed by atoms with Crippen molar-refractivity contribution in [2.75, 3.05) is 18.0 Å². The van der Waals surface area contributed by atoms with Gasteiger partial charge in [-0.3, -0.25) is 9.69 Å². The van der Waals surface area contributed by atoms with Crippen LogP contribution in [0.25, 0.3) is 11.6 Å². The van der Waals surface area contributed by atoms with E-state index in [1.165, 1.54) is 17.9 Å². The van der Waals surface area contributed by atoms with E-state index in [-0.39, 0.29) is 25.6 Å². The molecule has 2 amide bonds. The van der Waals surface area contributed by atoms with Gasteiger partial charge >= 0.3 is 6.09 Å². The highest BCUT2D eigenvalue weighted by Crippen LogP contribution is 2.32.